The Morgan fingerprint density at radius 3 is 2.29 bits per heavy atom. The van der Waals surface area contributed by atoms with Gasteiger partial charge < -0.3 is 4.90 Å². The lowest BCUT2D eigenvalue weighted by Gasteiger charge is -2.18. The van der Waals surface area contributed by atoms with Crippen LogP contribution in [0, 0.1) is 6.92 Å². The summed E-state index contributed by atoms with van der Waals surface area (Å²) < 4.78 is 28.4. The number of rotatable bonds is 5. The van der Waals surface area contributed by atoms with E-state index in [9.17, 15) is 8.42 Å². The zero-order valence-electron chi connectivity index (χ0n) is 15.7. The highest BCUT2D eigenvalue weighted by molar-refractivity contribution is 7.89. The number of hydrogen-bond acceptors (Lipinski definition) is 4. The molecule has 2 aromatic carbocycles. The molecule has 0 spiro atoms. The molecule has 0 radical (unpaired) electrons. The molecule has 0 saturated carbocycles. The molecule has 1 aromatic heterocycles. The number of nitrogens with one attached hydrogen (secondary N) is 1. The smallest absolute Gasteiger partial charge is 0.240 e. The average Bonchev–Trinajstić information content (AvgIpc) is 3.17. The van der Waals surface area contributed by atoms with Gasteiger partial charge in [-0.2, -0.15) is 0 Å². The first-order valence-corrected chi connectivity index (χ1v) is 10.8. The van der Waals surface area contributed by atoms with Crippen molar-refractivity contribution in [3.05, 3.63) is 78.5 Å². The number of hydrogen-bond donors (Lipinski definition) is 1. The largest absolute Gasteiger partial charge is 0.355 e. The van der Waals surface area contributed by atoms with E-state index in [-0.39, 0.29) is 6.04 Å². The highest BCUT2D eigenvalue weighted by Crippen LogP contribution is 2.23. The summed E-state index contributed by atoms with van der Waals surface area (Å²) in [6.07, 6.45) is 2.51. The second kappa shape index (κ2) is 7.73. The van der Waals surface area contributed by atoms with E-state index in [1.165, 1.54) is 5.56 Å². The topological polar surface area (TPSA) is 62.3 Å². The Morgan fingerprint density at radius 2 is 1.64 bits per heavy atom. The number of nitrogens with zero attached hydrogens (tertiary/aromatic N) is 2. The number of benzene rings is 2. The molecule has 1 saturated heterocycles. The summed E-state index contributed by atoms with van der Waals surface area (Å²) in [5.74, 6) is 0.881. The highest BCUT2D eigenvalue weighted by Gasteiger charge is 2.27. The second-order valence-corrected chi connectivity index (χ2v) is 8.85. The first-order chi connectivity index (χ1) is 13.5. The molecule has 0 amide bonds. The maximum absolute atomic E-state index is 12.8. The molecular weight excluding hydrogens is 370 g/mol. The fourth-order valence-electron chi connectivity index (χ4n) is 3.47. The molecule has 1 unspecified atom stereocenters. The third-order valence-corrected chi connectivity index (χ3v) is 6.57. The summed E-state index contributed by atoms with van der Waals surface area (Å²) in [4.78, 5) is 6.74. The van der Waals surface area contributed by atoms with Gasteiger partial charge in [0, 0.05) is 25.3 Å². The summed E-state index contributed by atoms with van der Waals surface area (Å²) in [6.45, 7) is 3.46. The van der Waals surface area contributed by atoms with Crippen molar-refractivity contribution in [1.29, 1.82) is 0 Å². The van der Waals surface area contributed by atoms with Gasteiger partial charge in [-0.3, -0.25) is 0 Å². The van der Waals surface area contributed by atoms with E-state index >= 15 is 0 Å². The van der Waals surface area contributed by atoms with Crippen molar-refractivity contribution in [2.45, 2.75) is 24.3 Å². The molecule has 1 fully saturated rings. The van der Waals surface area contributed by atoms with E-state index < -0.39 is 10.0 Å². The van der Waals surface area contributed by atoms with Crippen molar-refractivity contribution >= 4 is 15.8 Å². The molecule has 5 nitrogen and oxygen atoms in total. The van der Waals surface area contributed by atoms with Gasteiger partial charge in [0.2, 0.25) is 10.0 Å². The van der Waals surface area contributed by atoms with Crippen molar-refractivity contribution in [2.75, 3.05) is 18.0 Å². The van der Waals surface area contributed by atoms with Gasteiger partial charge in [0.25, 0.3) is 0 Å². The summed E-state index contributed by atoms with van der Waals surface area (Å²) >= 11 is 0. The van der Waals surface area contributed by atoms with Crippen LogP contribution in [0.3, 0.4) is 0 Å². The minimum Gasteiger partial charge on any atom is -0.355 e. The monoisotopic (exact) mass is 393 g/mol. The van der Waals surface area contributed by atoms with E-state index in [0.29, 0.717) is 11.4 Å². The van der Waals surface area contributed by atoms with Crippen LogP contribution in [0.5, 0.6) is 0 Å². The Bertz CT molecular complexity index is 1030. The summed E-state index contributed by atoms with van der Waals surface area (Å²) in [6, 6.07) is 20.9. The van der Waals surface area contributed by atoms with E-state index in [1.807, 2.05) is 49.4 Å². The lowest BCUT2D eigenvalue weighted by molar-refractivity contribution is 0.561. The van der Waals surface area contributed by atoms with Crippen LogP contribution in [0.4, 0.5) is 5.82 Å². The Hall–Kier alpha value is -2.70. The third-order valence-electron chi connectivity index (χ3n) is 5.03. The van der Waals surface area contributed by atoms with Crippen LogP contribution in [0.2, 0.25) is 0 Å². The van der Waals surface area contributed by atoms with Gasteiger partial charge in [0.15, 0.2) is 0 Å². The lowest BCUT2D eigenvalue weighted by Crippen LogP contribution is -2.37. The fourth-order valence-corrected chi connectivity index (χ4v) is 4.73. The predicted molar refractivity (Wildman–Crippen MR) is 112 cm³/mol. The molecule has 3 aromatic rings. The molecule has 1 N–H and O–H groups in total. The zero-order chi connectivity index (χ0) is 19.6. The number of aryl methyl sites for hydroxylation is 1. The molecule has 144 valence electrons. The average molecular weight is 394 g/mol. The maximum Gasteiger partial charge on any atom is 0.240 e. The Morgan fingerprint density at radius 1 is 0.964 bits per heavy atom. The normalized spacial score (nSPS) is 17.0. The van der Waals surface area contributed by atoms with Gasteiger partial charge in [0.05, 0.1) is 4.90 Å². The molecule has 4 rings (SSSR count). The minimum atomic E-state index is -3.55. The van der Waals surface area contributed by atoms with Crippen molar-refractivity contribution in [3.63, 3.8) is 0 Å². The van der Waals surface area contributed by atoms with Crippen LogP contribution in [0.25, 0.3) is 11.1 Å². The number of pyridine rings is 1. The highest BCUT2D eigenvalue weighted by atomic mass is 32.2. The standard InChI is InChI=1S/C22H23N3O2S/c1-17-5-7-18(8-6-17)19-9-11-21(12-10-19)28(26,27)24-20-13-15-25(16-20)22-4-2-3-14-23-22/h2-12,14,20,24H,13,15-16H2,1H3. The van der Waals surface area contributed by atoms with Gasteiger partial charge in [-0.1, -0.05) is 48.0 Å². The number of aromatic nitrogens is 1. The van der Waals surface area contributed by atoms with E-state index in [1.54, 1.807) is 18.3 Å². The molecule has 0 aliphatic carbocycles. The molecule has 1 aliphatic rings. The first kappa shape index (κ1) is 18.7. The molecule has 0 bridgehead atoms. The number of sulfonamides is 1. The Labute approximate surface area is 166 Å². The minimum absolute atomic E-state index is 0.121. The SMILES string of the molecule is Cc1ccc(-c2ccc(S(=O)(=O)NC3CCN(c4ccccn4)C3)cc2)cc1. The van der Waals surface area contributed by atoms with Gasteiger partial charge in [-0.15, -0.1) is 0 Å². The van der Waals surface area contributed by atoms with Gasteiger partial charge >= 0.3 is 0 Å². The molecule has 28 heavy (non-hydrogen) atoms. The Kier molecular flexibility index (Phi) is 5.15. The molecule has 6 heteroatoms. The van der Waals surface area contributed by atoms with E-state index in [4.69, 9.17) is 0 Å². The summed E-state index contributed by atoms with van der Waals surface area (Å²) in [7, 11) is -3.55. The first-order valence-electron chi connectivity index (χ1n) is 9.37. The second-order valence-electron chi connectivity index (χ2n) is 7.13. The quantitative estimate of drug-likeness (QED) is 0.719. The van der Waals surface area contributed by atoms with E-state index in [0.717, 1.165) is 29.9 Å². The van der Waals surface area contributed by atoms with E-state index in [2.05, 4.69) is 26.7 Å². The van der Waals surface area contributed by atoms with Crippen molar-refractivity contribution < 1.29 is 8.42 Å². The summed E-state index contributed by atoms with van der Waals surface area (Å²) in [5, 5.41) is 0. The lowest BCUT2D eigenvalue weighted by atomic mass is 10.0. The van der Waals surface area contributed by atoms with Gasteiger partial charge in [-0.25, -0.2) is 18.1 Å². The zero-order valence-corrected chi connectivity index (χ0v) is 16.6. The third kappa shape index (κ3) is 4.08. The van der Waals surface area contributed by atoms with Crippen LogP contribution in [0.1, 0.15) is 12.0 Å². The predicted octanol–water partition coefficient (Wildman–Crippen LogP) is 3.61. The summed E-state index contributed by atoms with van der Waals surface area (Å²) in [5.41, 5.74) is 3.27. The van der Waals surface area contributed by atoms with Gasteiger partial charge in [-0.05, 0) is 48.7 Å². The van der Waals surface area contributed by atoms with Crippen molar-refractivity contribution in [2.24, 2.45) is 0 Å². The fraction of sp³-hybridized carbons (Fsp3) is 0.227. The number of anilines is 1. The van der Waals surface area contributed by atoms with Crippen LogP contribution < -0.4 is 9.62 Å². The van der Waals surface area contributed by atoms with Crippen LogP contribution in [-0.2, 0) is 10.0 Å². The maximum atomic E-state index is 12.8. The molecule has 2 heterocycles. The van der Waals surface area contributed by atoms with Crippen LogP contribution in [-0.4, -0.2) is 32.5 Å². The molecule has 1 atom stereocenters. The Balaban J connectivity index is 1.44. The molecular formula is C22H23N3O2S. The van der Waals surface area contributed by atoms with Crippen LogP contribution >= 0.6 is 0 Å². The molecule has 1 aliphatic heterocycles. The van der Waals surface area contributed by atoms with Crippen LogP contribution in [0.15, 0.2) is 77.8 Å². The van der Waals surface area contributed by atoms with Crippen molar-refractivity contribution in [1.82, 2.24) is 9.71 Å². The van der Waals surface area contributed by atoms with Gasteiger partial charge in [0.1, 0.15) is 5.82 Å². The van der Waals surface area contributed by atoms with Crippen molar-refractivity contribution in [3.8, 4) is 11.1 Å².